The molecule has 1 aliphatic rings. The Labute approximate surface area is 164 Å². The zero-order valence-corrected chi connectivity index (χ0v) is 16.5. The summed E-state index contributed by atoms with van der Waals surface area (Å²) in [7, 11) is -3.75. The maximum atomic E-state index is 14.5. The van der Waals surface area contributed by atoms with Crippen LogP contribution in [0.5, 0.6) is 0 Å². The van der Waals surface area contributed by atoms with Crippen molar-refractivity contribution in [2.75, 3.05) is 16.4 Å². The van der Waals surface area contributed by atoms with Crippen LogP contribution in [0.25, 0.3) is 11.1 Å². The Morgan fingerprint density at radius 1 is 1.15 bits per heavy atom. The van der Waals surface area contributed by atoms with Crippen LogP contribution in [0, 0.1) is 5.82 Å². The molecule has 0 atom stereocenters. The molecule has 6 nitrogen and oxygen atoms in total. The number of hydrogen-bond acceptors (Lipinski definition) is 3. The van der Waals surface area contributed by atoms with Gasteiger partial charge in [0.1, 0.15) is 11.0 Å². The molecule has 26 heavy (non-hydrogen) atoms. The lowest BCUT2D eigenvalue weighted by atomic mass is 10.1. The molecule has 1 N–H and O–H groups in total. The highest BCUT2D eigenvalue weighted by atomic mass is 35.5. The number of fused-ring (bicyclic) bond motifs is 1. The summed E-state index contributed by atoms with van der Waals surface area (Å²) in [5, 5.41) is -0.0184. The summed E-state index contributed by atoms with van der Waals surface area (Å²) in [6.07, 6.45) is 1.69. The van der Waals surface area contributed by atoms with E-state index < -0.39 is 21.4 Å². The maximum Gasteiger partial charge on any atom is 0.276 e. The van der Waals surface area contributed by atoms with E-state index in [0.29, 0.717) is 13.1 Å². The highest BCUT2D eigenvalue weighted by molar-refractivity contribution is 7.92. The quantitative estimate of drug-likeness (QED) is 0.720. The lowest BCUT2D eigenvalue weighted by Crippen LogP contribution is -2.27. The van der Waals surface area contributed by atoms with Gasteiger partial charge in [-0.25, -0.2) is 17.5 Å². The summed E-state index contributed by atoms with van der Waals surface area (Å²) in [5.74, 6) is -1.21. The number of sulfonamides is 1. The van der Waals surface area contributed by atoms with Crippen molar-refractivity contribution in [3.63, 3.8) is 0 Å². The second-order valence-corrected chi connectivity index (χ2v) is 8.83. The van der Waals surface area contributed by atoms with Crippen molar-refractivity contribution < 1.29 is 12.8 Å². The van der Waals surface area contributed by atoms with Gasteiger partial charge in [0.15, 0.2) is 0 Å². The number of aromatic nitrogens is 2. The third kappa shape index (κ3) is 3.60. The van der Waals surface area contributed by atoms with E-state index in [2.05, 4.69) is 4.72 Å². The van der Waals surface area contributed by atoms with Crippen LogP contribution in [0.1, 0.15) is 12.8 Å². The standard InChI is InChI=1S/C15H15Cl3FN3O3S/c16-3-6-26(24,25)20-12-7-9(11(19)8-10(12)17)13-14(18)21-4-1-2-5-22(21)15(13)23/h7-8,20H,1-6H2. The lowest BCUT2D eigenvalue weighted by Gasteiger charge is -2.17. The summed E-state index contributed by atoms with van der Waals surface area (Å²) in [6.45, 7) is 1.04. The predicted molar refractivity (Wildman–Crippen MR) is 101 cm³/mol. The first-order valence-corrected chi connectivity index (χ1v) is 10.7. The fourth-order valence-corrected chi connectivity index (χ4v) is 4.92. The largest absolute Gasteiger partial charge is 0.282 e. The molecule has 0 aliphatic carbocycles. The Hall–Kier alpha value is -1.22. The Kier molecular flexibility index (Phi) is 5.58. The molecular weight excluding hydrogens is 428 g/mol. The molecule has 0 saturated carbocycles. The van der Waals surface area contributed by atoms with Gasteiger partial charge in [-0.2, -0.15) is 0 Å². The summed E-state index contributed by atoms with van der Waals surface area (Å²) in [4.78, 5) is 12.7. The Morgan fingerprint density at radius 3 is 2.42 bits per heavy atom. The number of hydrogen-bond donors (Lipinski definition) is 1. The van der Waals surface area contributed by atoms with E-state index in [1.807, 2.05) is 0 Å². The number of halogens is 4. The molecule has 1 aromatic heterocycles. The Morgan fingerprint density at radius 2 is 1.81 bits per heavy atom. The third-order valence-corrected chi connectivity index (χ3v) is 6.48. The minimum absolute atomic E-state index is 0.0134. The van der Waals surface area contributed by atoms with Crippen molar-refractivity contribution in [2.45, 2.75) is 25.9 Å². The van der Waals surface area contributed by atoms with Crippen molar-refractivity contribution in [1.29, 1.82) is 0 Å². The monoisotopic (exact) mass is 441 g/mol. The molecule has 3 rings (SSSR count). The molecular formula is C15H15Cl3FN3O3S. The van der Waals surface area contributed by atoms with Gasteiger partial charge in [0.25, 0.3) is 5.56 Å². The molecule has 142 valence electrons. The average molecular weight is 443 g/mol. The van der Waals surface area contributed by atoms with E-state index >= 15 is 0 Å². The topological polar surface area (TPSA) is 73.1 Å². The maximum absolute atomic E-state index is 14.5. The zero-order valence-electron chi connectivity index (χ0n) is 13.4. The van der Waals surface area contributed by atoms with Gasteiger partial charge in [-0.1, -0.05) is 23.2 Å². The molecule has 2 heterocycles. The predicted octanol–water partition coefficient (Wildman–Crippen LogP) is 3.54. The van der Waals surface area contributed by atoms with Crippen LogP contribution in [0.3, 0.4) is 0 Å². The molecule has 11 heteroatoms. The van der Waals surface area contributed by atoms with Gasteiger partial charge in [0.2, 0.25) is 10.0 Å². The molecule has 1 aromatic carbocycles. The number of nitrogens with one attached hydrogen (secondary N) is 1. The average Bonchev–Trinajstić information content (AvgIpc) is 2.82. The first-order chi connectivity index (χ1) is 12.2. The van der Waals surface area contributed by atoms with Crippen molar-refractivity contribution in [2.24, 2.45) is 0 Å². The fraction of sp³-hybridized carbons (Fsp3) is 0.400. The molecule has 1 aliphatic heterocycles. The molecule has 0 bridgehead atoms. The number of anilines is 1. The number of nitrogens with zero attached hydrogens (tertiary/aromatic N) is 2. The van der Waals surface area contributed by atoms with E-state index in [-0.39, 0.29) is 38.6 Å². The van der Waals surface area contributed by atoms with Gasteiger partial charge in [-0.05, 0) is 25.0 Å². The molecule has 0 spiro atoms. The van der Waals surface area contributed by atoms with Gasteiger partial charge in [-0.15, -0.1) is 11.6 Å². The van der Waals surface area contributed by atoms with Crippen LogP contribution in [0.15, 0.2) is 16.9 Å². The van der Waals surface area contributed by atoms with Crippen LogP contribution in [-0.4, -0.2) is 29.4 Å². The smallest absolute Gasteiger partial charge is 0.276 e. The highest BCUT2D eigenvalue weighted by Gasteiger charge is 2.25. The lowest BCUT2D eigenvalue weighted by molar-refractivity contribution is 0.356. The summed E-state index contributed by atoms with van der Waals surface area (Å²) in [6, 6.07) is 2.13. The first-order valence-electron chi connectivity index (χ1n) is 7.80. The van der Waals surface area contributed by atoms with E-state index in [9.17, 15) is 17.6 Å². The number of rotatable bonds is 5. The van der Waals surface area contributed by atoms with Crippen LogP contribution in [-0.2, 0) is 23.1 Å². The second-order valence-electron chi connectivity index (χ2n) is 5.85. The van der Waals surface area contributed by atoms with Gasteiger partial charge in [0, 0.05) is 24.5 Å². The molecule has 0 saturated heterocycles. The summed E-state index contributed by atoms with van der Waals surface area (Å²) < 4.78 is 43.7. The molecule has 0 unspecified atom stereocenters. The fourth-order valence-electron chi connectivity index (χ4n) is 2.89. The van der Waals surface area contributed by atoms with Crippen LogP contribution >= 0.6 is 34.8 Å². The number of alkyl halides is 1. The van der Waals surface area contributed by atoms with Crippen LogP contribution in [0.4, 0.5) is 10.1 Å². The first kappa shape index (κ1) is 19.5. The Balaban J connectivity index is 2.14. The van der Waals surface area contributed by atoms with E-state index in [1.165, 1.54) is 10.7 Å². The SMILES string of the molecule is O=c1c(-c2cc(NS(=O)(=O)CCCl)c(Cl)cc2F)c(Cl)n2n1CCCC2. The van der Waals surface area contributed by atoms with Crippen molar-refractivity contribution in [3.05, 3.63) is 38.5 Å². The van der Waals surface area contributed by atoms with E-state index in [1.54, 1.807) is 4.68 Å². The molecule has 0 fully saturated rings. The van der Waals surface area contributed by atoms with Crippen LogP contribution in [0.2, 0.25) is 10.2 Å². The van der Waals surface area contributed by atoms with Crippen molar-refractivity contribution in [3.8, 4) is 11.1 Å². The molecule has 0 amide bonds. The minimum Gasteiger partial charge on any atom is -0.282 e. The number of benzene rings is 1. The van der Waals surface area contributed by atoms with E-state index in [0.717, 1.165) is 18.9 Å². The second kappa shape index (κ2) is 7.42. The van der Waals surface area contributed by atoms with Gasteiger partial charge < -0.3 is 0 Å². The van der Waals surface area contributed by atoms with Crippen molar-refractivity contribution >= 4 is 50.5 Å². The van der Waals surface area contributed by atoms with Crippen molar-refractivity contribution in [1.82, 2.24) is 9.36 Å². The molecule has 2 aromatic rings. The third-order valence-electron chi connectivity index (χ3n) is 4.10. The van der Waals surface area contributed by atoms with Crippen LogP contribution < -0.4 is 10.3 Å². The highest BCUT2D eigenvalue weighted by Crippen LogP contribution is 2.35. The summed E-state index contributed by atoms with van der Waals surface area (Å²) in [5.41, 5.74) is -0.591. The van der Waals surface area contributed by atoms with Gasteiger partial charge in [-0.3, -0.25) is 14.2 Å². The molecule has 0 radical (unpaired) electrons. The van der Waals surface area contributed by atoms with Gasteiger partial charge in [0.05, 0.1) is 22.0 Å². The minimum atomic E-state index is -3.75. The zero-order chi connectivity index (χ0) is 19.1. The Bertz CT molecular complexity index is 1020. The van der Waals surface area contributed by atoms with Gasteiger partial charge >= 0.3 is 0 Å². The van der Waals surface area contributed by atoms with E-state index in [4.69, 9.17) is 34.8 Å². The normalized spacial score (nSPS) is 14.3. The summed E-state index contributed by atoms with van der Waals surface area (Å²) >= 11 is 17.7.